The molecular formula is C18H21ClN2O3S. The molecule has 0 aliphatic heterocycles. The monoisotopic (exact) mass is 380 g/mol. The van der Waals surface area contributed by atoms with Gasteiger partial charge in [0, 0.05) is 31.4 Å². The lowest BCUT2D eigenvalue weighted by molar-refractivity contribution is 0.206. The molecule has 0 saturated carbocycles. The number of benzene rings is 2. The Morgan fingerprint density at radius 3 is 2.08 bits per heavy atom. The van der Waals surface area contributed by atoms with E-state index in [4.69, 9.17) is 11.6 Å². The van der Waals surface area contributed by atoms with Crippen molar-refractivity contribution < 1.29 is 13.2 Å². The molecule has 0 radical (unpaired) electrons. The maximum atomic E-state index is 12.2. The van der Waals surface area contributed by atoms with E-state index in [1.54, 1.807) is 36.2 Å². The largest absolute Gasteiger partial charge is 0.334 e. The zero-order chi connectivity index (χ0) is 18.4. The molecule has 2 rings (SSSR count). The molecule has 7 heteroatoms. The molecular weight excluding hydrogens is 360 g/mol. The average Bonchev–Trinajstić information content (AvgIpc) is 2.54. The summed E-state index contributed by atoms with van der Waals surface area (Å²) in [5.74, 6) is 0.0173. The third-order valence-corrected chi connectivity index (χ3v) is 4.68. The number of rotatable bonds is 6. The summed E-state index contributed by atoms with van der Waals surface area (Å²) in [5.41, 5.74) is 2.63. The van der Waals surface area contributed by atoms with E-state index in [9.17, 15) is 13.2 Å². The van der Waals surface area contributed by atoms with Crippen LogP contribution in [0.1, 0.15) is 16.7 Å². The van der Waals surface area contributed by atoms with Crippen LogP contribution >= 0.6 is 11.6 Å². The SMILES string of the molecule is CN(Cc1ccc(Cl)cc1)C(=O)NCc1ccc(CS(C)(=O)=O)cc1. The lowest BCUT2D eigenvalue weighted by atomic mass is 10.1. The molecule has 0 saturated heterocycles. The van der Waals surface area contributed by atoms with E-state index in [1.165, 1.54) is 6.26 Å². The van der Waals surface area contributed by atoms with E-state index in [0.717, 1.165) is 16.7 Å². The van der Waals surface area contributed by atoms with Crippen LogP contribution in [0.5, 0.6) is 0 Å². The first-order chi connectivity index (χ1) is 11.7. The second kappa shape index (κ2) is 8.36. The molecule has 134 valence electrons. The van der Waals surface area contributed by atoms with Crippen molar-refractivity contribution >= 4 is 27.5 Å². The minimum Gasteiger partial charge on any atom is -0.334 e. The van der Waals surface area contributed by atoms with Gasteiger partial charge in [-0.05, 0) is 28.8 Å². The summed E-state index contributed by atoms with van der Waals surface area (Å²) in [6.45, 7) is 0.860. The fourth-order valence-electron chi connectivity index (χ4n) is 2.30. The predicted octanol–water partition coefficient (Wildman–Crippen LogP) is 3.23. The molecule has 0 spiro atoms. The van der Waals surface area contributed by atoms with Crippen LogP contribution in [0.25, 0.3) is 0 Å². The first kappa shape index (κ1) is 19.3. The van der Waals surface area contributed by atoms with Crippen LogP contribution in [0, 0.1) is 0 Å². The van der Waals surface area contributed by atoms with Gasteiger partial charge in [0.15, 0.2) is 9.84 Å². The van der Waals surface area contributed by atoms with Crippen LogP contribution < -0.4 is 5.32 Å². The molecule has 0 bridgehead atoms. The smallest absolute Gasteiger partial charge is 0.317 e. The van der Waals surface area contributed by atoms with Gasteiger partial charge in [-0.2, -0.15) is 0 Å². The van der Waals surface area contributed by atoms with Gasteiger partial charge in [0.2, 0.25) is 0 Å². The molecule has 2 aromatic carbocycles. The number of hydrogen-bond acceptors (Lipinski definition) is 3. The van der Waals surface area contributed by atoms with Crippen LogP contribution in [0.15, 0.2) is 48.5 Å². The minimum absolute atomic E-state index is 0.0173. The summed E-state index contributed by atoms with van der Waals surface area (Å²) in [5, 5.41) is 3.50. The van der Waals surface area contributed by atoms with Crippen molar-refractivity contribution in [2.24, 2.45) is 0 Å². The second-order valence-electron chi connectivity index (χ2n) is 6.03. The molecule has 0 atom stereocenters. The van der Waals surface area contributed by atoms with Crippen molar-refractivity contribution in [2.45, 2.75) is 18.8 Å². The quantitative estimate of drug-likeness (QED) is 0.836. The fraction of sp³-hybridized carbons (Fsp3) is 0.278. The second-order valence-corrected chi connectivity index (χ2v) is 8.60. The summed E-state index contributed by atoms with van der Waals surface area (Å²) in [6, 6.07) is 14.3. The third-order valence-electron chi connectivity index (χ3n) is 3.58. The molecule has 0 aromatic heterocycles. The Labute approximate surface area is 153 Å². The van der Waals surface area contributed by atoms with Crippen LogP contribution in [0.2, 0.25) is 5.02 Å². The van der Waals surface area contributed by atoms with E-state index in [1.807, 2.05) is 24.3 Å². The Kier molecular flexibility index (Phi) is 6.45. The normalized spacial score (nSPS) is 11.2. The summed E-state index contributed by atoms with van der Waals surface area (Å²) in [6.07, 6.45) is 1.21. The molecule has 0 aliphatic rings. The number of halogens is 1. The fourth-order valence-corrected chi connectivity index (χ4v) is 3.23. The average molecular weight is 381 g/mol. The van der Waals surface area contributed by atoms with E-state index >= 15 is 0 Å². The van der Waals surface area contributed by atoms with Crippen LogP contribution in [-0.2, 0) is 28.7 Å². The molecule has 0 fully saturated rings. The van der Waals surface area contributed by atoms with E-state index in [0.29, 0.717) is 18.1 Å². The number of nitrogens with zero attached hydrogens (tertiary/aromatic N) is 1. The number of urea groups is 1. The Morgan fingerprint density at radius 2 is 1.52 bits per heavy atom. The highest BCUT2D eigenvalue weighted by molar-refractivity contribution is 7.89. The van der Waals surface area contributed by atoms with Crippen molar-refractivity contribution in [2.75, 3.05) is 13.3 Å². The van der Waals surface area contributed by atoms with E-state index < -0.39 is 9.84 Å². The lowest BCUT2D eigenvalue weighted by Gasteiger charge is -2.18. The van der Waals surface area contributed by atoms with Gasteiger partial charge in [0.05, 0.1) is 5.75 Å². The van der Waals surface area contributed by atoms with Gasteiger partial charge in [-0.1, -0.05) is 48.0 Å². The van der Waals surface area contributed by atoms with Gasteiger partial charge in [-0.15, -0.1) is 0 Å². The van der Waals surface area contributed by atoms with Crippen molar-refractivity contribution in [1.82, 2.24) is 10.2 Å². The van der Waals surface area contributed by atoms with Gasteiger partial charge >= 0.3 is 6.03 Å². The number of carbonyl (C=O) groups is 1. The van der Waals surface area contributed by atoms with Gasteiger partial charge in [0.1, 0.15) is 0 Å². The highest BCUT2D eigenvalue weighted by Crippen LogP contribution is 2.11. The van der Waals surface area contributed by atoms with Gasteiger partial charge in [0.25, 0.3) is 0 Å². The van der Waals surface area contributed by atoms with Gasteiger partial charge in [-0.25, -0.2) is 13.2 Å². The van der Waals surface area contributed by atoms with Crippen molar-refractivity contribution in [3.63, 3.8) is 0 Å². The first-order valence-electron chi connectivity index (χ1n) is 7.72. The molecule has 5 nitrogen and oxygen atoms in total. The number of amides is 2. The van der Waals surface area contributed by atoms with Crippen LogP contribution in [0.4, 0.5) is 4.79 Å². The van der Waals surface area contributed by atoms with Crippen molar-refractivity contribution in [3.05, 3.63) is 70.2 Å². The van der Waals surface area contributed by atoms with Gasteiger partial charge < -0.3 is 10.2 Å². The molecule has 0 unspecified atom stereocenters. The number of hydrogen-bond donors (Lipinski definition) is 1. The molecule has 0 aliphatic carbocycles. The topological polar surface area (TPSA) is 66.5 Å². The van der Waals surface area contributed by atoms with Crippen LogP contribution in [-0.4, -0.2) is 32.7 Å². The number of nitrogens with one attached hydrogen (secondary N) is 1. The molecule has 1 N–H and O–H groups in total. The Hall–Kier alpha value is -2.05. The number of sulfone groups is 1. The molecule has 0 heterocycles. The first-order valence-corrected chi connectivity index (χ1v) is 10.2. The summed E-state index contributed by atoms with van der Waals surface area (Å²) < 4.78 is 22.5. The van der Waals surface area contributed by atoms with E-state index in [-0.39, 0.29) is 11.8 Å². The van der Waals surface area contributed by atoms with Crippen LogP contribution in [0.3, 0.4) is 0 Å². The standard InChI is InChI=1S/C18H21ClN2O3S/c1-21(12-15-7-9-17(19)10-8-15)18(22)20-11-14-3-5-16(6-4-14)13-25(2,23)24/h3-10H,11-13H2,1-2H3,(H,20,22). The minimum atomic E-state index is -3.04. The molecule has 2 aromatic rings. The Bertz CT molecular complexity index is 818. The number of carbonyl (C=O) groups excluding carboxylic acids is 1. The maximum absolute atomic E-state index is 12.2. The zero-order valence-corrected chi connectivity index (χ0v) is 15.8. The van der Waals surface area contributed by atoms with Crippen molar-refractivity contribution in [1.29, 1.82) is 0 Å². The van der Waals surface area contributed by atoms with Crippen molar-refractivity contribution in [3.8, 4) is 0 Å². The summed E-state index contributed by atoms with van der Waals surface area (Å²) in [4.78, 5) is 13.7. The lowest BCUT2D eigenvalue weighted by Crippen LogP contribution is -2.36. The summed E-state index contributed by atoms with van der Waals surface area (Å²) >= 11 is 5.85. The highest BCUT2D eigenvalue weighted by Gasteiger charge is 2.09. The maximum Gasteiger partial charge on any atom is 0.317 e. The third kappa shape index (κ3) is 6.76. The highest BCUT2D eigenvalue weighted by atomic mass is 35.5. The Balaban J connectivity index is 1.85. The summed E-state index contributed by atoms with van der Waals surface area (Å²) in [7, 11) is -1.32. The zero-order valence-electron chi connectivity index (χ0n) is 14.2. The predicted molar refractivity (Wildman–Crippen MR) is 100 cm³/mol. The Morgan fingerprint density at radius 1 is 1.00 bits per heavy atom. The molecule has 25 heavy (non-hydrogen) atoms. The molecule has 2 amide bonds. The van der Waals surface area contributed by atoms with E-state index in [2.05, 4.69) is 5.32 Å². The van der Waals surface area contributed by atoms with Gasteiger partial charge in [-0.3, -0.25) is 0 Å².